The van der Waals surface area contributed by atoms with Crippen molar-refractivity contribution in [1.29, 1.82) is 0 Å². The molecular formula is C15H15BrN2O4S3. The smallest absolute Gasteiger partial charge is 0.337 e. The van der Waals surface area contributed by atoms with Gasteiger partial charge in [-0.1, -0.05) is 0 Å². The molecule has 0 saturated carbocycles. The van der Waals surface area contributed by atoms with Crippen LogP contribution in [0, 0.1) is 0 Å². The molecule has 2 aromatic rings. The highest BCUT2D eigenvalue weighted by atomic mass is 79.9. The summed E-state index contributed by atoms with van der Waals surface area (Å²) in [5.41, 5.74) is 0.950. The van der Waals surface area contributed by atoms with Gasteiger partial charge in [-0.2, -0.15) is 11.8 Å². The van der Waals surface area contributed by atoms with Gasteiger partial charge < -0.3 is 10.0 Å². The number of benzene rings is 1. The van der Waals surface area contributed by atoms with Crippen molar-refractivity contribution in [2.45, 2.75) is 4.21 Å². The van der Waals surface area contributed by atoms with Crippen LogP contribution in [0.25, 0.3) is 0 Å². The lowest BCUT2D eigenvalue weighted by Gasteiger charge is -2.29. The molecule has 3 rings (SSSR count). The fourth-order valence-electron chi connectivity index (χ4n) is 2.50. The Hall–Kier alpha value is -1.23. The molecule has 134 valence electrons. The predicted octanol–water partition coefficient (Wildman–Crippen LogP) is 3.56. The topological polar surface area (TPSA) is 86.7 Å². The van der Waals surface area contributed by atoms with Crippen molar-refractivity contribution >= 4 is 66.4 Å². The van der Waals surface area contributed by atoms with Crippen molar-refractivity contribution in [1.82, 2.24) is 0 Å². The first kappa shape index (κ1) is 18.6. The molecule has 25 heavy (non-hydrogen) atoms. The van der Waals surface area contributed by atoms with Crippen LogP contribution in [-0.4, -0.2) is 44.1 Å². The van der Waals surface area contributed by atoms with E-state index in [1.807, 2.05) is 16.7 Å². The number of nitrogens with one attached hydrogen (secondary N) is 1. The molecule has 1 fully saturated rings. The van der Waals surface area contributed by atoms with E-state index < -0.39 is 16.0 Å². The summed E-state index contributed by atoms with van der Waals surface area (Å²) in [6.45, 7) is 1.55. The lowest BCUT2D eigenvalue weighted by molar-refractivity contribution is 0.0697. The second-order valence-corrected chi connectivity index (χ2v) is 10.9. The van der Waals surface area contributed by atoms with Crippen molar-refractivity contribution in [2.24, 2.45) is 0 Å². The van der Waals surface area contributed by atoms with E-state index in [4.69, 9.17) is 0 Å². The van der Waals surface area contributed by atoms with Gasteiger partial charge in [-0.15, -0.1) is 11.3 Å². The largest absolute Gasteiger partial charge is 0.478 e. The van der Waals surface area contributed by atoms with E-state index in [0.29, 0.717) is 9.47 Å². The van der Waals surface area contributed by atoms with Gasteiger partial charge in [0, 0.05) is 30.3 Å². The molecule has 0 radical (unpaired) electrons. The van der Waals surface area contributed by atoms with Crippen LogP contribution < -0.4 is 9.62 Å². The Morgan fingerprint density at radius 3 is 2.52 bits per heavy atom. The number of hydrogen-bond acceptors (Lipinski definition) is 6. The van der Waals surface area contributed by atoms with Gasteiger partial charge in [0.05, 0.1) is 15.0 Å². The van der Waals surface area contributed by atoms with Crippen molar-refractivity contribution < 1.29 is 18.3 Å². The van der Waals surface area contributed by atoms with Crippen LogP contribution in [0.3, 0.4) is 0 Å². The number of nitrogens with zero attached hydrogens (tertiary/aromatic N) is 1. The molecule has 0 unspecified atom stereocenters. The Bertz CT molecular complexity index is 892. The quantitative estimate of drug-likeness (QED) is 0.705. The van der Waals surface area contributed by atoms with Crippen LogP contribution in [0.5, 0.6) is 0 Å². The van der Waals surface area contributed by atoms with Crippen LogP contribution in [0.1, 0.15) is 10.4 Å². The Labute approximate surface area is 162 Å². The maximum atomic E-state index is 12.4. The Morgan fingerprint density at radius 2 is 1.92 bits per heavy atom. The van der Waals surface area contributed by atoms with Crippen LogP contribution in [0.15, 0.2) is 38.3 Å². The number of carboxylic acid groups (broad SMARTS) is 1. The second kappa shape index (κ2) is 7.56. The molecule has 6 nitrogen and oxygen atoms in total. The third-order valence-corrected chi connectivity index (χ3v) is 8.08. The molecule has 2 N–H and O–H groups in total. The second-order valence-electron chi connectivity index (χ2n) is 5.30. The fraction of sp³-hybridized carbons (Fsp3) is 0.267. The molecule has 0 bridgehead atoms. The van der Waals surface area contributed by atoms with Gasteiger partial charge in [-0.05, 0) is 46.3 Å². The first-order valence-electron chi connectivity index (χ1n) is 7.35. The molecule has 1 aliphatic rings. The van der Waals surface area contributed by atoms with E-state index in [-0.39, 0.29) is 15.5 Å². The third-order valence-electron chi connectivity index (χ3n) is 3.64. The van der Waals surface area contributed by atoms with Crippen molar-refractivity contribution in [3.8, 4) is 0 Å². The molecule has 0 amide bonds. The van der Waals surface area contributed by atoms with Crippen molar-refractivity contribution in [3.05, 3.63) is 39.7 Å². The molecule has 0 aliphatic carbocycles. The number of carbonyl (C=O) groups is 1. The first-order chi connectivity index (χ1) is 11.9. The Morgan fingerprint density at radius 1 is 1.20 bits per heavy atom. The van der Waals surface area contributed by atoms with Crippen molar-refractivity contribution in [3.63, 3.8) is 0 Å². The average Bonchev–Trinajstić information content (AvgIpc) is 3.03. The zero-order valence-corrected chi connectivity index (χ0v) is 17.0. The number of hydrogen-bond donors (Lipinski definition) is 2. The van der Waals surface area contributed by atoms with Crippen LogP contribution in [-0.2, 0) is 10.0 Å². The number of aromatic carboxylic acids is 1. The van der Waals surface area contributed by atoms with E-state index in [1.54, 1.807) is 18.2 Å². The summed E-state index contributed by atoms with van der Waals surface area (Å²) < 4.78 is 28.1. The standard InChI is InChI=1S/C15H15BrN2O4S3/c16-13-3-4-14(24-13)25(21,22)17-10-1-2-12(11(9-10)15(19)20)18-5-7-23-8-6-18/h1-4,9,17H,5-8H2,(H,19,20). The van der Waals surface area contributed by atoms with Gasteiger partial charge in [0.1, 0.15) is 4.21 Å². The predicted molar refractivity (Wildman–Crippen MR) is 106 cm³/mol. The molecule has 0 atom stereocenters. The third kappa shape index (κ3) is 4.30. The Balaban J connectivity index is 1.90. The SMILES string of the molecule is O=C(O)c1cc(NS(=O)(=O)c2ccc(Br)s2)ccc1N1CCSCC1. The minimum absolute atomic E-state index is 0.0967. The van der Waals surface area contributed by atoms with Crippen molar-refractivity contribution in [2.75, 3.05) is 34.2 Å². The van der Waals surface area contributed by atoms with Gasteiger partial charge >= 0.3 is 5.97 Å². The van der Waals surface area contributed by atoms with Gasteiger partial charge in [0.15, 0.2) is 0 Å². The molecule has 1 aromatic heterocycles. The Kier molecular flexibility index (Phi) is 5.62. The van der Waals surface area contributed by atoms with Gasteiger partial charge in [0.25, 0.3) is 10.0 Å². The maximum absolute atomic E-state index is 12.4. The molecule has 1 saturated heterocycles. The van der Waals surface area contributed by atoms with Gasteiger partial charge in [-0.25, -0.2) is 13.2 Å². The summed E-state index contributed by atoms with van der Waals surface area (Å²) in [4.78, 5) is 13.7. The highest BCUT2D eigenvalue weighted by Crippen LogP contribution is 2.30. The summed E-state index contributed by atoms with van der Waals surface area (Å²) in [6.07, 6.45) is 0. The summed E-state index contributed by atoms with van der Waals surface area (Å²) in [7, 11) is -3.74. The van der Waals surface area contributed by atoms with Crippen LogP contribution in [0.2, 0.25) is 0 Å². The van der Waals surface area contributed by atoms with Crippen LogP contribution in [0.4, 0.5) is 11.4 Å². The minimum Gasteiger partial charge on any atom is -0.478 e. The van der Waals surface area contributed by atoms with E-state index in [2.05, 4.69) is 20.7 Å². The van der Waals surface area contributed by atoms with Crippen LogP contribution >= 0.6 is 39.0 Å². The fourth-order valence-corrected chi connectivity index (χ4v) is 6.46. The lowest BCUT2D eigenvalue weighted by atomic mass is 10.1. The molecule has 10 heteroatoms. The number of anilines is 2. The van der Waals surface area contributed by atoms with E-state index >= 15 is 0 Å². The zero-order valence-electron chi connectivity index (χ0n) is 12.9. The van der Waals surface area contributed by atoms with Gasteiger partial charge in [0.2, 0.25) is 0 Å². The number of halogens is 1. The highest BCUT2D eigenvalue weighted by molar-refractivity contribution is 9.11. The number of rotatable bonds is 5. The maximum Gasteiger partial charge on any atom is 0.337 e. The van der Waals surface area contributed by atoms with E-state index in [9.17, 15) is 18.3 Å². The molecule has 0 spiro atoms. The lowest BCUT2D eigenvalue weighted by Crippen LogP contribution is -2.33. The average molecular weight is 463 g/mol. The number of carboxylic acids is 1. The minimum atomic E-state index is -3.74. The summed E-state index contributed by atoms with van der Waals surface area (Å²) in [6, 6.07) is 7.79. The monoisotopic (exact) mass is 462 g/mol. The summed E-state index contributed by atoms with van der Waals surface area (Å²) >= 11 is 6.16. The number of thioether (sulfide) groups is 1. The van der Waals surface area contributed by atoms with Gasteiger partial charge in [-0.3, -0.25) is 4.72 Å². The normalized spacial score (nSPS) is 15.2. The number of sulfonamides is 1. The summed E-state index contributed by atoms with van der Waals surface area (Å²) in [5, 5.41) is 9.53. The number of thiophene rings is 1. The first-order valence-corrected chi connectivity index (χ1v) is 11.6. The molecule has 1 aliphatic heterocycles. The molecule has 2 heterocycles. The summed E-state index contributed by atoms with van der Waals surface area (Å²) in [5.74, 6) is 0.814. The molecular weight excluding hydrogens is 448 g/mol. The highest BCUT2D eigenvalue weighted by Gasteiger charge is 2.21. The zero-order chi connectivity index (χ0) is 18.0. The molecule has 1 aromatic carbocycles. The van der Waals surface area contributed by atoms with E-state index in [0.717, 1.165) is 35.9 Å². The van der Waals surface area contributed by atoms with E-state index in [1.165, 1.54) is 12.1 Å².